The molecule has 88 valence electrons. The molecule has 7 nitrogen and oxygen atoms in total. The summed E-state index contributed by atoms with van der Waals surface area (Å²) in [5, 5.41) is 15.4. The Morgan fingerprint density at radius 1 is 1.50 bits per heavy atom. The Bertz CT molecular complexity index is 512. The zero-order valence-electron chi connectivity index (χ0n) is 8.50. The lowest BCUT2D eigenvalue weighted by Gasteiger charge is -2.06. The average molecular weight is 245 g/mol. The van der Waals surface area contributed by atoms with E-state index in [9.17, 15) is 18.5 Å². The number of nitro groups is 1. The second-order valence-electron chi connectivity index (χ2n) is 3.18. The van der Waals surface area contributed by atoms with Crippen LogP contribution in [0.5, 0.6) is 0 Å². The molecule has 0 saturated heterocycles. The van der Waals surface area contributed by atoms with Crippen LogP contribution in [0.25, 0.3) is 0 Å². The van der Waals surface area contributed by atoms with Gasteiger partial charge in [0.2, 0.25) is 0 Å². The van der Waals surface area contributed by atoms with E-state index in [0.29, 0.717) is 11.1 Å². The Morgan fingerprint density at radius 3 is 2.62 bits per heavy atom. The van der Waals surface area contributed by atoms with Gasteiger partial charge in [-0.25, -0.2) is 5.14 Å². The van der Waals surface area contributed by atoms with E-state index in [1.165, 1.54) is 12.1 Å². The summed E-state index contributed by atoms with van der Waals surface area (Å²) in [5.41, 5.74) is 0.889. The van der Waals surface area contributed by atoms with E-state index < -0.39 is 15.1 Å². The van der Waals surface area contributed by atoms with Crippen LogP contribution in [0, 0.1) is 17.0 Å². The largest absolute Gasteiger partial charge is 0.274 e. The first-order valence-corrected chi connectivity index (χ1v) is 5.86. The third-order valence-corrected chi connectivity index (χ3v) is 2.62. The van der Waals surface area contributed by atoms with Gasteiger partial charge < -0.3 is 0 Å². The number of nitrogens with one attached hydrogen (secondary N) is 1. The zero-order chi connectivity index (χ0) is 12.3. The Balaban J connectivity index is 2.98. The van der Waals surface area contributed by atoms with Gasteiger partial charge in [-0.1, -0.05) is 12.1 Å². The Kier molecular flexibility index (Phi) is 3.58. The highest BCUT2D eigenvalue weighted by molar-refractivity contribution is 7.87. The van der Waals surface area contributed by atoms with Crippen molar-refractivity contribution in [2.75, 3.05) is 0 Å². The van der Waals surface area contributed by atoms with E-state index in [4.69, 9.17) is 5.14 Å². The summed E-state index contributed by atoms with van der Waals surface area (Å²) in [6.07, 6.45) is 0. The van der Waals surface area contributed by atoms with Crippen LogP contribution in [0.3, 0.4) is 0 Å². The topological polar surface area (TPSA) is 115 Å². The maximum atomic E-state index is 10.7. The highest BCUT2D eigenvalue weighted by Crippen LogP contribution is 2.20. The predicted octanol–water partition coefficient (Wildman–Crippen LogP) is 0.196. The summed E-state index contributed by atoms with van der Waals surface area (Å²) in [4.78, 5) is 10.1. The summed E-state index contributed by atoms with van der Waals surface area (Å²) in [6, 6.07) is 4.45. The molecule has 0 fully saturated rings. The average Bonchev–Trinajstić information content (AvgIpc) is 2.14. The molecule has 0 atom stereocenters. The normalized spacial score (nSPS) is 11.4. The van der Waals surface area contributed by atoms with Crippen LogP contribution in [0.1, 0.15) is 11.1 Å². The van der Waals surface area contributed by atoms with Gasteiger partial charge in [0.25, 0.3) is 15.9 Å². The van der Waals surface area contributed by atoms with Crippen molar-refractivity contribution >= 4 is 15.9 Å². The molecule has 0 saturated carbocycles. The van der Waals surface area contributed by atoms with E-state index in [0.717, 1.165) is 0 Å². The molecule has 0 unspecified atom stereocenters. The fourth-order valence-corrected chi connectivity index (χ4v) is 1.59. The lowest BCUT2D eigenvalue weighted by atomic mass is 10.1. The molecule has 0 aliphatic heterocycles. The van der Waals surface area contributed by atoms with E-state index in [1.807, 2.05) is 0 Å². The van der Waals surface area contributed by atoms with Gasteiger partial charge in [0.05, 0.1) is 4.92 Å². The van der Waals surface area contributed by atoms with Gasteiger partial charge >= 0.3 is 0 Å². The van der Waals surface area contributed by atoms with Crippen molar-refractivity contribution in [1.29, 1.82) is 0 Å². The molecule has 0 spiro atoms. The number of nitrogens with zero attached hydrogens (tertiary/aromatic N) is 1. The van der Waals surface area contributed by atoms with E-state index in [2.05, 4.69) is 4.72 Å². The first-order valence-electron chi connectivity index (χ1n) is 4.31. The van der Waals surface area contributed by atoms with Crippen molar-refractivity contribution in [1.82, 2.24) is 4.72 Å². The molecule has 0 aliphatic rings. The van der Waals surface area contributed by atoms with Gasteiger partial charge in [0.15, 0.2) is 0 Å². The number of benzene rings is 1. The Hall–Kier alpha value is -1.51. The van der Waals surface area contributed by atoms with Gasteiger partial charge in [-0.15, -0.1) is 0 Å². The minimum absolute atomic E-state index is 0.0475. The van der Waals surface area contributed by atoms with Crippen molar-refractivity contribution in [3.63, 3.8) is 0 Å². The highest BCUT2D eigenvalue weighted by atomic mass is 32.2. The summed E-state index contributed by atoms with van der Waals surface area (Å²) < 4.78 is 23.4. The van der Waals surface area contributed by atoms with Gasteiger partial charge in [-0.2, -0.15) is 13.1 Å². The fraction of sp³-hybridized carbons (Fsp3) is 0.250. The van der Waals surface area contributed by atoms with Crippen molar-refractivity contribution in [2.45, 2.75) is 13.5 Å². The number of rotatable bonds is 4. The molecular weight excluding hydrogens is 234 g/mol. The van der Waals surface area contributed by atoms with Gasteiger partial charge in [0, 0.05) is 18.2 Å². The smallest absolute Gasteiger partial charge is 0.258 e. The summed E-state index contributed by atoms with van der Waals surface area (Å²) in [6.45, 7) is 1.49. The van der Waals surface area contributed by atoms with Crippen LogP contribution in [0.15, 0.2) is 18.2 Å². The Morgan fingerprint density at radius 2 is 2.12 bits per heavy atom. The van der Waals surface area contributed by atoms with E-state index in [1.54, 1.807) is 13.0 Å². The third-order valence-electron chi connectivity index (χ3n) is 2.08. The first kappa shape index (κ1) is 12.6. The molecule has 0 aliphatic carbocycles. The SMILES string of the molecule is Cc1c(CNS(N)(=O)=O)cccc1[N+](=O)[O-]. The number of hydrogen-bond acceptors (Lipinski definition) is 4. The zero-order valence-corrected chi connectivity index (χ0v) is 9.32. The van der Waals surface area contributed by atoms with Crippen LogP contribution in [-0.2, 0) is 16.8 Å². The quantitative estimate of drug-likeness (QED) is 0.582. The lowest BCUT2D eigenvalue weighted by molar-refractivity contribution is -0.385. The third kappa shape index (κ3) is 3.26. The van der Waals surface area contributed by atoms with Gasteiger partial charge in [0.1, 0.15) is 0 Å². The van der Waals surface area contributed by atoms with E-state index >= 15 is 0 Å². The molecule has 0 radical (unpaired) electrons. The molecule has 1 rings (SSSR count). The lowest BCUT2D eigenvalue weighted by Crippen LogP contribution is -2.30. The second-order valence-corrected chi connectivity index (χ2v) is 4.56. The molecule has 0 heterocycles. The molecule has 1 aromatic carbocycles. The molecule has 8 heteroatoms. The Labute approximate surface area is 92.6 Å². The van der Waals surface area contributed by atoms with Crippen molar-refractivity contribution in [3.8, 4) is 0 Å². The molecule has 0 bridgehead atoms. The summed E-state index contributed by atoms with van der Waals surface area (Å²) in [5.74, 6) is 0. The van der Waals surface area contributed by atoms with Gasteiger partial charge in [-0.05, 0) is 12.5 Å². The molecule has 1 aromatic rings. The van der Waals surface area contributed by atoms with Crippen LogP contribution in [0.4, 0.5) is 5.69 Å². The van der Waals surface area contributed by atoms with Crippen molar-refractivity contribution < 1.29 is 13.3 Å². The van der Waals surface area contributed by atoms with Crippen LogP contribution in [0.2, 0.25) is 0 Å². The van der Waals surface area contributed by atoms with Crippen molar-refractivity contribution in [2.24, 2.45) is 5.14 Å². The minimum atomic E-state index is -3.79. The number of nitro benzene ring substituents is 1. The van der Waals surface area contributed by atoms with Crippen molar-refractivity contribution in [3.05, 3.63) is 39.4 Å². The number of nitrogens with two attached hydrogens (primary N) is 1. The molecule has 0 aromatic heterocycles. The summed E-state index contributed by atoms with van der Waals surface area (Å²) >= 11 is 0. The molecule has 16 heavy (non-hydrogen) atoms. The first-order chi connectivity index (χ1) is 7.31. The van der Waals surface area contributed by atoms with Crippen LogP contribution in [-0.4, -0.2) is 13.3 Å². The van der Waals surface area contributed by atoms with Crippen LogP contribution < -0.4 is 9.86 Å². The maximum absolute atomic E-state index is 10.7. The molecule has 3 N–H and O–H groups in total. The fourth-order valence-electron chi connectivity index (χ4n) is 1.24. The highest BCUT2D eigenvalue weighted by Gasteiger charge is 2.13. The molecule has 0 amide bonds. The second kappa shape index (κ2) is 4.56. The van der Waals surface area contributed by atoms with Gasteiger partial charge in [-0.3, -0.25) is 10.1 Å². The maximum Gasteiger partial charge on any atom is 0.274 e. The monoisotopic (exact) mass is 245 g/mol. The number of hydrogen-bond donors (Lipinski definition) is 2. The predicted molar refractivity (Wildman–Crippen MR) is 57.8 cm³/mol. The molecular formula is C8H11N3O4S. The summed E-state index contributed by atoms with van der Waals surface area (Å²) in [7, 11) is -3.79. The van der Waals surface area contributed by atoms with Crippen LogP contribution >= 0.6 is 0 Å². The van der Waals surface area contributed by atoms with E-state index in [-0.39, 0.29) is 12.2 Å². The standard InChI is InChI=1S/C8H11N3O4S/c1-6-7(5-10-16(9,14)15)3-2-4-8(6)11(12)13/h2-4,10H,5H2,1H3,(H2,9,14,15). The minimum Gasteiger partial charge on any atom is -0.258 e.